The van der Waals surface area contributed by atoms with Crippen LogP contribution >= 0.6 is 0 Å². The second-order valence-corrected chi connectivity index (χ2v) is 4.22. The standard InChI is InChI=1S/C13H12N2O2/c16-7-9-1-2-12-11(5-9)6-14-13(15-12)10-3-4-17-8-10/h1-2,5-7,10H,3-4,8H2/t10-/m0/s1. The van der Waals surface area contributed by atoms with E-state index in [1.165, 1.54) is 0 Å². The number of hydrogen-bond acceptors (Lipinski definition) is 4. The molecule has 1 aromatic heterocycles. The molecule has 4 heteroatoms. The highest BCUT2D eigenvalue weighted by atomic mass is 16.5. The van der Waals surface area contributed by atoms with Crippen LogP contribution in [0.5, 0.6) is 0 Å². The summed E-state index contributed by atoms with van der Waals surface area (Å²) in [6.45, 7) is 1.49. The van der Waals surface area contributed by atoms with Gasteiger partial charge in [-0.15, -0.1) is 0 Å². The summed E-state index contributed by atoms with van der Waals surface area (Å²) in [5.74, 6) is 1.15. The van der Waals surface area contributed by atoms with Gasteiger partial charge in [0, 0.05) is 29.7 Å². The molecule has 4 nitrogen and oxygen atoms in total. The van der Waals surface area contributed by atoms with E-state index in [2.05, 4.69) is 9.97 Å². The van der Waals surface area contributed by atoms with E-state index in [0.29, 0.717) is 18.1 Å². The quantitative estimate of drug-likeness (QED) is 0.737. The number of carbonyl (C=O) groups excluding carboxylic acids is 1. The molecule has 0 radical (unpaired) electrons. The monoisotopic (exact) mass is 228 g/mol. The number of rotatable bonds is 2. The van der Waals surface area contributed by atoms with Crippen LogP contribution in [0.3, 0.4) is 0 Å². The predicted octanol–water partition coefficient (Wildman–Crippen LogP) is 1.95. The zero-order chi connectivity index (χ0) is 11.7. The van der Waals surface area contributed by atoms with Gasteiger partial charge in [-0.2, -0.15) is 0 Å². The Morgan fingerprint density at radius 3 is 3.12 bits per heavy atom. The summed E-state index contributed by atoms with van der Waals surface area (Å²) < 4.78 is 5.33. The van der Waals surface area contributed by atoms with Crippen LogP contribution in [0.1, 0.15) is 28.5 Å². The molecule has 1 aliphatic heterocycles. The van der Waals surface area contributed by atoms with Gasteiger partial charge in [-0.1, -0.05) is 0 Å². The van der Waals surface area contributed by atoms with Crippen LogP contribution in [0.2, 0.25) is 0 Å². The molecule has 1 saturated heterocycles. The van der Waals surface area contributed by atoms with Crippen LogP contribution in [0.15, 0.2) is 24.4 Å². The maximum absolute atomic E-state index is 10.7. The summed E-state index contributed by atoms with van der Waals surface area (Å²) >= 11 is 0. The second-order valence-electron chi connectivity index (χ2n) is 4.22. The van der Waals surface area contributed by atoms with E-state index in [4.69, 9.17) is 4.74 Å². The molecule has 0 aliphatic carbocycles. The average Bonchev–Trinajstić information content (AvgIpc) is 2.91. The smallest absolute Gasteiger partial charge is 0.150 e. The molecular formula is C13H12N2O2. The number of hydrogen-bond donors (Lipinski definition) is 0. The summed E-state index contributed by atoms with van der Waals surface area (Å²) in [4.78, 5) is 19.6. The van der Waals surface area contributed by atoms with Crippen molar-refractivity contribution in [2.75, 3.05) is 13.2 Å². The van der Waals surface area contributed by atoms with Crippen molar-refractivity contribution in [2.45, 2.75) is 12.3 Å². The minimum atomic E-state index is 0.310. The van der Waals surface area contributed by atoms with Crippen molar-refractivity contribution in [1.29, 1.82) is 0 Å². The first-order valence-electron chi connectivity index (χ1n) is 5.66. The Morgan fingerprint density at radius 1 is 1.41 bits per heavy atom. The van der Waals surface area contributed by atoms with Gasteiger partial charge >= 0.3 is 0 Å². The zero-order valence-electron chi connectivity index (χ0n) is 9.30. The molecule has 0 spiro atoms. The number of nitrogens with zero attached hydrogens (tertiary/aromatic N) is 2. The van der Waals surface area contributed by atoms with E-state index in [-0.39, 0.29) is 0 Å². The molecule has 1 atom stereocenters. The lowest BCUT2D eigenvalue weighted by atomic mass is 10.1. The zero-order valence-corrected chi connectivity index (χ0v) is 9.30. The molecule has 2 aromatic rings. The molecule has 1 fully saturated rings. The van der Waals surface area contributed by atoms with E-state index in [1.807, 2.05) is 6.07 Å². The Morgan fingerprint density at radius 2 is 2.35 bits per heavy atom. The highest BCUT2D eigenvalue weighted by molar-refractivity contribution is 5.86. The number of aldehydes is 1. The molecular weight excluding hydrogens is 216 g/mol. The number of fused-ring (bicyclic) bond motifs is 1. The number of ether oxygens (including phenoxy) is 1. The molecule has 0 bridgehead atoms. The Labute approximate surface area is 98.6 Å². The van der Waals surface area contributed by atoms with Gasteiger partial charge in [0.1, 0.15) is 12.1 Å². The van der Waals surface area contributed by atoms with Crippen LogP contribution in [-0.2, 0) is 4.74 Å². The first-order valence-corrected chi connectivity index (χ1v) is 5.66. The van der Waals surface area contributed by atoms with Crippen molar-refractivity contribution in [3.8, 4) is 0 Å². The fraction of sp³-hybridized carbons (Fsp3) is 0.308. The fourth-order valence-corrected chi connectivity index (χ4v) is 2.07. The minimum Gasteiger partial charge on any atom is -0.381 e. The Hall–Kier alpha value is -1.81. The van der Waals surface area contributed by atoms with Crippen LogP contribution in [0.4, 0.5) is 0 Å². The number of aromatic nitrogens is 2. The molecule has 0 amide bonds. The molecule has 1 aromatic carbocycles. The highest BCUT2D eigenvalue weighted by Gasteiger charge is 2.20. The van der Waals surface area contributed by atoms with Crippen LogP contribution in [0, 0.1) is 0 Å². The third kappa shape index (κ3) is 1.91. The lowest BCUT2D eigenvalue weighted by Gasteiger charge is -2.06. The Kier molecular flexibility index (Phi) is 2.57. The summed E-state index contributed by atoms with van der Waals surface area (Å²) in [7, 11) is 0. The lowest BCUT2D eigenvalue weighted by Crippen LogP contribution is -2.03. The summed E-state index contributed by atoms with van der Waals surface area (Å²) in [6, 6.07) is 5.44. The largest absolute Gasteiger partial charge is 0.381 e. The molecule has 86 valence electrons. The highest BCUT2D eigenvalue weighted by Crippen LogP contribution is 2.23. The number of benzene rings is 1. The molecule has 2 heterocycles. The lowest BCUT2D eigenvalue weighted by molar-refractivity contribution is 0.112. The maximum Gasteiger partial charge on any atom is 0.150 e. The minimum absolute atomic E-state index is 0.310. The van der Waals surface area contributed by atoms with Gasteiger partial charge in [0.2, 0.25) is 0 Å². The van der Waals surface area contributed by atoms with Gasteiger partial charge in [-0.3, -0.25) is 4.79 Å². The topological polar surface area (TPSA) is 52.1 Å². The van der Waals surface area contributed by atoms with Gasteiger partial charge < -0.3 is 4.74 Å². The predicted molar refractivity (Wildman–Crippen MR) is 63.1 cm³/mol. The van der Waals surface area contributed by atoms with E-state index in [9.17, 15) is 4.79 Å². The molecule has 1 aliphatic rings. The van der Waals surface area contributed by atoms with Crippen molar-refractivity contribution in [1.82, 2.24) is 9.97 Å². The Bertz CT molecular complexity index is 562. The normalized spacial score (nSPS) is 19.6. The van der Waals surface area contributed by atoms with E-state index in [1.54, 1.807) is 18.3 Å². The van der Waals surface area contributed by atoms with E-state index >= 15 is 0 Å². The van der Waals surface area contributed by atoms with Crippen LogP contribution in [-0.4, -0.2) is 29.5 Å². The number of carbonyl (C=O) groups is 1. The SMILES string of the molecule is O=Cc1ccc2nc([C@H]3CCOC3)ncc2c1. The molecule has 0 saturated carbocycles. The maximum atomic E-state index is 10.7. The Balaban J connectivity index is 2.03. The van der Waals surface area contributed by atoms with Crippen LogP contribution in [0.25, 0.3) is 10.9 Å². The average molecular weight is 228 g/mol. The summed E-state index contributed by atoms with van der Waals surface area (Å²) in [5.41, 5.74) is 1.53. The molecule has 0 N–H and O–H groups in total. The van der Waals surface area contributed by atoms with Gasteiger partial charge in [0.05, 0.1) is 12.1 Å². The van der Waals surface area contributed by atoms with Crippen molar-refractivity contribution in [3.63, 3.8) is 0 Å². The first kappa shape index (κ1) is 10.4. The van der Waals surface area contributed by atoms with Crippen molar-refractivity contribution < 1.29 is 9.53 Å². The molecule has 17 heavy (non-hydrogen) atoms. The third-order valence-electron chi connectivity index (χ3n) is 3.05. The summed E-state index contributed by atoms with van der Waals surface area (Å²) in [6.07, 6.45) is 3.60. The second kappa shape index (κ2) is 4.22. The fourth-order valence-electron chi connectivity index (χ4n) is 2.07. The van der Waals surface area contributed by atoms with Gasteiger partial charge in [0.15, 0.2) is 0 Å². The molecule has 3 rings (SSSR count). The van der Waals surface area contributed by atoms with Crippen molar-refractivity contribution in [3.05, 3.63) is 35.8 Å². The van der Waals surface area contributed by atoms with Crippen molar-refractivity contribution in [2.24, 2.45) is 0 Å². The van der Waals surface area contributed by atoms with Gasteiger partial charge in [0.25, 0.3) is 0 Å². The first-order chi connectivity index (χ1) is 8.36. The molecule has 0 unspecified atom stereocenters. The van der Waals surface area contributed by atoms with E-state index < -0.39 is 0 Å². The third-order valence-corrected chi connectivity index (χ3v) is 3.05. The van der Waals surface area contributed by atoms with Crippen molar-refractivity contribution >= 4 is 17.2 Å². The van der Waals surface area contributed by atoms with E-state index in [0.717, 1.165) is 36.0 Å². The van der Waals surface area contributed by atoms with Gasteiger partial charge in [-0.05, 0) is 24.6 Å². The summed E-state index contributed by atoms with van der Waals surface area (Å²) in [5, 5.41) is 0.900. The van der Waals surface area contributed by atoms with Crippen LogP contribution < -0.4 is 0 Å². The van der Waals surface area contributed by atoms with Gasteiger partial charge in [-0.25, -0.2) is 9.97 Å².